The van der Waals surface area contributed by atoms with Gasteiger partial charge in [0.1, 0.15) is 5.82 Å². The summed E-state index contributed by atoms with van der Waals surface area (Å²) in [6.07, 6.45) is 0.874. The van der Waals surface area contributed by atoms with Gasteiger partial charge in [0.15, 0.2) is 0 Å². The molecule has 1 saturated carbocycles. The molecule has 2 aliphatic heterocycles. The fraction of sp³-hybridized carbons (Fsp3) is 0.704. The monoisotopic (exact) mass is 568 g/mol. The standard InChI is InChI=1S/C27H39F3N6O2S/c1-3-39(37,38)34-21-7-4-19(5-8-21)16-35-12-10-26(11-13-35)17-36(18-26)24-22-14-20(15-27(28,29)30)6-9-23(22)32-25(31-2)33-24/h6,9,14,19,21,34H,3-5,7-8,10-13,15-18H2,1-2H3,(H,31,32,33). The highest BCUT2D eigenvalue weighted by molar-refractivity contribution is 7.89. The number of benzene rings is 1. The molecule has 2 aromatic rings. The van der Waals surface area contributed by atoms with E-state index in [4.69, 9.17) is 0 Å². The number of alkyl halides is 3. The number of fused-ring (bicyclic) bond motifs is 1. The van der Waals surface area contributed by atoms with Gasteiger partial charge < -0.3 is 15.1 Å². The van der Waals surface area contributed by atoms with Gasteiger partial charge in [-0.15, -0.1) is 0 Å². The summed E-state index contributed by atoms with van der Waals surface area (Å²) in [5, 5.41) is 3.64. The van der Waals surface area contributed by atoms with E-state index in [-0.39, 0.29) is 22.8 Å². The van der Waals surface area contributed by atoms with Crippen LogP contribution in [0, 0.1) is 11.3 Å². The lowest BCUT2D eigenvalue weighted by Gasteiger charge is -2.55. The largest absolute Gasteiger partial charge is 0.393 e. The zero-order valence-electron chi connectivity index (χ0n) is 22.7. The van der Waals surface area contributed by atoms with E-state index in [0.717, 1.165) is 71.2 Å². The topological polar surface area (TPSA) is 90.5 Å². The number of sulfonamides is 1. The van der Waals surface area contributed by atoms with Gasteiger partial charge in [-0.05, 0) is 82.2 Å². The van der Waals surface area contributed by atoms with Crippen molar-refractivity contribution in [3.05, 3.63) is 23.8 Å². The molecular formula is C27H39F3N6O2S. The number of anilines is 2. The highest BCUT2D eigenvalue weighted by Gasteiger charge is 2.46. The maximum Gasteiger partial charge on any atom is 0.393 e. The van der Waals surface area contributed by atoms with E-state index in [1.165, 1.54) is 6.07 Å². The quantitative estimate of drug-likeness (QED) is 0.494. The SMILES string of the molecule is CCS(=O)(=O)NC1CCC(CN2CCC3(CC2)CN(c2nc(NC)nc4ccc(CC(F)(F)F)cc24)C3)CC1. The van der Waals surface area contributed by atoms with Crippen LogP contribution >= 0.6 is 0 Å². The molecule has 2 N–H and O–H groups in total. The molecule has 3 fully saturated rings. The molecule has 1 aliphatic carbocycles. The van der Waals surface area contributed by atoms with Gasteiger partial charge in [-0.2, -0.15) is 18.2 Å². The molecule has 1 aromatic carbocycles. The maximum atomic E-state index is 13.0. The van der Waals surface area contributed by atoms with Crippen molar-refractivity contribution in [2.75, 3.05) is 55.7 Å². The normalized spacial score (nSPS) is 24.2. The highest BCUT2D eigenvalue weighted by atomic mass is 32.2. The minimum Gasteiger partial charge on any atom is -0.357 e. The van der Waals surface area contributed by atoms with E-state index in [2.05, 4.69) is 29.8 Å². The summed E-state index contributed by atoms with van der Waals surface area (Å²) in [6.45, 7) is 6.51. The first-order valence-electron chi connectivity index (χ1n) is 14.0. The van der Waals surface area contributed by atoms with E-state index in [1.54, 1.807) is 26.1 Å². The molecule has 216 valence electrons. The molecule has 0 radical (unpaired) electrons. The van der Waals surface area contributed by atoms with Crippen molar-refractivity contribution in [3.8, 4) is 0 Å². The minimum atomic E-state index is -4.26. The average molecular weight is 569 g/mol. The average Bonchev–Trinajstić information content (AvgIpc) is 2.87. The lowest BCUT2D eigenvalue weighted by atomic mass is 9.71. The number of hydrogen-bond acceptors (Lipinski definition) is 7. The van der Waals surface area contributed by atoms with Crippen molar-refractivity contribution in [1.82, 2.24) is 19.6 Å². The van der Waals surface area contributed by atoms with E-state index < -0.39 is 22.6 Å². The van der Waals surface area contributed by atoms with Gasteiger partial charge in [0, 0.05) is 43.5 Å². The summed E-state index contributed by atoms with van der Waals surface area (Å²) in [5.41, 5.74) is 1.08. The number of halogens is 3. The Balaban J connectivity index is 1.16. The van der Waals surface area contributed by atoms with Gasteiger partial charge in [-0.1, -0.05) is 6.07 Å². The third-order valence-corrected chi connectivity index (χ3v) is 10.2. The number of nitrogens with one attached hydrogen (secondary N) is 2. The van der Waals surface area contributed by atoms with E-state index in [1.807, 2.05) is 0 Å². The second-order valence-electron chi connectivity index (χ2n) is 11.7. The second-order valence-corrected chi connectivity index (χ2v) is 13.7. The van der Waals surface area contributed by atoms with E-state index in [9.17, 15) is 21.6 Å². The Morgan fingerprint density at radius 2 is 1.77 bits per heavy atom. The van der Waals surface area contributed by atoms with Gasteiger partial charge in [0.2, 0.25) is 16.0 Å². The molecule has 5 rings (SSSR count). The van der Waals surface area contributed by atoms with Gasteiger partial charge in [0.05, 0.1) is 17.7 Å². The van der Waals surface area contributed by atoms with Crippen LogP contribution < -0.4 is 14.9 Å². The Morgan fingerprint density at radius 1 is 1.08 bits per heavy atom. The summed E-state index contributed by atoms with van der Waals surface area (Å²) >= 11 is 0. The summed E-state index contributed by atoms with van der Waals surface area (Å²) in [5.74, 6) is 1.91. The number of hydrogen-bond donors (Lipinski definition) is 2. The zero-order valence-corrected chi connectivity index (χ0v) is 23.5. The van der Waals surface area contributed by atoms with Gasteiger partial charge in [-0.3, -0.25) is 0 Å². The molecule has 2 saturated heterocycles. The fourth-order valence-corrected chi connectivity index (χ4v) is 7.37. The number of nitrogens with zero attached hydrogens (tertiary/aromatic N) is 4. The second kappa shape index (κ2) is 11.0. The van der Waals surface area contributed by atoms with Crippen LogP contribution in [0.15, 0.2) is 18.2 Å². The predicted octanol–water partition coefficient (Wildman–Crippen LogP) is 4.18. The minimum absolute atomic E-state index is 0.0719. The van der Waals surface area contributed by atoms with Gasteiger partial charge in [-0.25, -0.2) is 18.1 Å². The molecule has 0 atom stereocenters. The molecule has 39 heavy (non-hydrogen) atoms. The summed E-state index contributed by atoms with van der Waals surface area (Å²) in [7, 11) is -1.40. The van der Waals surface area contributed by atoms with Crippen molar-refractivity contribution < 1.29 is 21.6 Å². The first kappa shape index (κ1) is 28.4. The van der Waals surface area contributed by atoms with Crippen molar-refractivity contribution in [2.45, 2.75) is 64.1 Å². The third kappa shape index (κ3) is 6.77. The Kier molecular flexibility index (Phi) is 8.00. The van der Waals surface area contributed by atoms with E-state index >= 15 is 0 Å². The lowest BCUT2D eigenvalue weighted by Crippen LogP contribution is -2.61. The molecule has 3 heterocycles. The smallest absolute Gasteiger partial charge is 0.357 e. The third-order valence-electron chi connectivity index (χ3n) is 8.73. The number of rotatable bonds is 8. The number of likely N-dealkylation sites (tertiary alicyclic amines) is 1. The lowest BCUT2D eigenvalue weighted by molar-refractivity contribution is -0.127. The Bertz CT molecular complexity index is 1260. The van der Waals surface area contributed by atoms with Crippen molar-refractivity contribution in [2.24, 2.45) is 11.3 Å². The number of aromatic nitrogens is 2. The van der Waals surface area contributed by atoms with Crippen LogP contribution in [-0.4, -0.2) is 81.0 Å². The molecule has 1 spiro atoms. The fourth-order valence-electron chi connectivity index (χ4n) is 6.46. The summed E-state index contributed by atoms with van der Waals surface area (Å²) in [4.78, 5) is 13.9. The summed E-state index contributed by atoms with van der Waals surface area (Å²) in [6, 6.07) is 4.81. The van der Waals surface area contributed by atoms with Gasteiger partial charge in [0.25, 0.3) is 0 Å². The molecule has 0 unspecified atom stereocenters. The maximum absolute atomic E-state index is 13.0. The Labute approximate surface area is 228 Å². The van der Waals surface area contributed by atoms with Crippen LogP contribution in [0.2, 0.25) is 0 Å². The Morgan fingerprint density at radius 3 is 2.38 bits per heavy atom. The summed E-state index contributed by atoms with van der Waals surface area (Å²) < 4.78 is 65.6. The van der Waals surface area contributed by atoms with Gasteiger partial charge >= 0.3 is 6.18 Å². The first-order valence-corrected chi connectivity index (χ1v) is 15.6. The first-order chi connectivity index (χ1) is 18.5. The van der Waals surface area contributed by atoms with Crippen LogP contribution in [0.25, 0.3) is 10.9 Å². The zero-order chi connectivity index (χ0) is 27.8. The Hall–Kier alpha value is -2.18. The van der Waals surface area contributed by atoms with E-state index in [0.29, 0.717) is 28.6 Å². The highest BCUT2D eigenvalue weighted by Crippen LogP contribution is 2.44. The molecule has 12 heteroatoms. The van der Waals surface area contributed by atoms with Crippen LogP contribution in [-0.2, 0) is 16.4 Å². The van der Waals surface area contributed by atoms with Crippen LogP contribution in [0.5, 0.6) is 0 Å². The molecular weight excluding hydrogens is 529 g/mol. The van der Waals surface area contributed by atoms with Crippen LogP contribution in [0.3, 0.4) is 0 Å². The molecule has 0 amide bonds. The predicted molar refractivity (Wildman–Crippen MR) is 148 cm³/mol. The van der Waals surface area contributed by atoms with Crippen molar-refractivity contribution in [1.29, 1.82) is 0 Å². The van der Waals surface area contributed by atoms with Crippen LogP contribution in [0.1, 0.15) is 51.0 Å². The van der Waals surface area contributed by atoms with Crippen molar-refractivity contribution >= 4 is 32.7 Å². The molecule has 3 aliphatic rings. The van der Waals surface area contributed by atoms with Crippen LogP contribution in [0.4, 0.5) is 24.9 Å². The van der Waals surface area contributed by atoms with Crippen molar-refractivity contribution in [3.63, 3.8) is 0 Å². The molecule has 8 nitrogen and oxygen atoms in total. The molecule has 1 aromatic heterocycles. The molecule has 0 bridgehead atoms. The number of piperidine rings is 1.